The average Bonchev–Trinajstić information content (AvgIpc) is 3.34. The number of carbonyl (C=O) groups is 3. The molecular weight excluding hydrogens is 841 g/mol. The second kappa shape index (κ2) is 55.4. The Morgan fingerprint density at radius 1 is 0.309 bits per heavy atom. The van der Waals surface area contributed by atoms with Crippen LogP contribution in [0.1, 0.15) is 233 Å². The molecule has 1 atom stereocenters. The number of rotatable bonds is 48. The van der Waals surface area contributed by atoms with E-state index in [0.717, 1.165) is 161 Å². The summed E-state index contributed by atoms with van der Waals surface area (Å²) in [6.07, 6.45) is 76.1. The largest absolute Gasteiger partial charge is 0.462 e. The van der Waals surface area contributed by atoms with Crippen molar-refractivity contribution in [3.63, 3.8) is 0 Å². The van der Waals surface area contributed by atoms with Gasteiger partial charge in [0.05, 0.1) is 0 Å². The van der Waals surface area contributed by atoms with Gasteiger partial charge in [-0.1, -0.05) is 206 Å². The molecule has 68 heavy (non-hydrogen) atoms. The molecule has 0 amide bonds. The quantitative estimate of drug-likeness (QED) is 0.0262. The fraction of sp³-hybridized carbons (Fsp3) is 0.629. The van der Waals surface area contributed by atoms with Crippen LogP contribution in [0.5, 0.6) is 0 Å². The van der Waals surface area contributed by atoms with E-state index in [1.807, 2.05) is 0 Å². The topological polar surface area (TPSA) is 78.9 Å². The summed E-state index contributed by atoms with van der Waals surface area (Å²) in [7, 11) is 0. The number of unbranched alkanes of at least 4 members (excludes halogenated alkanes) is 17. The van der Waals surface area contributed by atoms with E-state index in [0.29, 0.717) is 19.3 Å². The van der Waals surface area contributed by atoms with Crippen LogP contribution in [0.25, 0.3) is 0 Å². The first-order valence-corrected chi connectivity index (χ1v) is 27.5. The van der Waals surface area contributed by atoms with Crippen LogP contribution in [-0.4, -0.2) is 37.2 Å². The fourth-order valence-corrected chi connectivity index (χ4v) is 7.10. The molecule has 0 spiro atoms. The van der Waals surface area contributed by atoms with Gasteiger partial charge >= 0.3 is 17.9 Å². The van der Waals surface area contributed by atoms with Gasteiger partial charge in [0.15, 0.2) is 6.10 Å². The Kier molecular flexibility index (Phi) is 52.0. The third-order valence-electron chi connectivity index (χ3n) is 11.2. The minimum atomic E-state index is -0.809. The van der Waals surface area contributed by atoms with E-state index in [4.69, 9.17) is 14.2 Å². The standard InChI is InChI=1S/C62H100O6/c1-4-7-10-13-16-19-22-25-27-29-30-31-32-33-35-37-40-43-46-49-52-55-61(64)67-58-59(57-66-60(63)54-51-48-45-42-39-36-24-21-18-15-12-9-6-3)68-62(65)56-53-50-47-44-41-38-34-28-26-23-20-17-14-11-8-5-2/h7,9-10,12,16,18-21,23,25,27-28,30-31,33-36,39,59H,4-6,8,11,13-15,17,22,24,26,29,32,37-38,40-58H2,1-3H3/b10-7-,12-9-,19-16-,21-18-,23-20-,27-25-,31-30-,34-28-,35-33-,39-36-. The molecule has 6 heteroatoms. The van der Waals surface area contributed by atoms with Crippen molar-refractivity contribution in [1.82, 2.24) is 0 Å². The SMILES string of the molecule is CC/C=C\C/C=C\C/C=C\C/C=C\C/C=C\CCCCCCCC(=O)OCC(COC(=O)CCCCC/C=C\C/C=C\C/C=C\CC)OC(=O)CCCCCCC/C=C\C/C=C\CCCCCC. The molecule has 0 bridgehead atoms. The lowest BCUT2D eigenvalue weighted by molar-refractivity contribution is -0.167. The third kappa shape index (κ3) is 52.8. The summed E-state index contributed by atoms with van der Waals surface area (Å²) >= 11 is 0. The number of ether oxygens (including phenoxy) is 3. The molecule has 0 aliphatic rings. The minimum Gasteiger partial charge on any atom is -0.462 e. The summed E-state index contributed by atoms with van der Waals surface area (Å²) < 4.78 is 16.8. The van der Waals surface area contributed by atoms with Crippen LogP contribution >= 0.6 is 0 Å². The molecule has 0 N–H and O–H groups in total. The Morgan fingerprint density at radius 3 is 0.912 bits per heavy atom. The van der Waals surface area contributed by atoms with Crippen molar-refractivity contribution in [2.45, 2.75) is 239 Å². The zero-order valence-electron chi connectivity index (χ0n) is 43.8. The number of esters is 3. The lowest BCUT2D eigenvalue weighted by atomic mass is 10.1. The second-order valence-electron chi connectivity index (χ2n) is 17.7. The smallest absolute Gasteiger partial charge is 0.306 e. The maximum atomic E-state index is 12.8. The number of hydrogen-bond acceptors (Lipinski definition) is 6. The lowest BCUT2D eigenvalue weighted by Crippen LogP contribution is -2.30. The van der Waals surface area contributed by atoms with Crippen molar-refractivity contribution >= 4 is 17.9 Å². The zero-order valence-corrected chi connectivity index (χ0v) is 43.8. The first-order valence-electron chi connectivity index (χ1n) is 27.5. The van der Waals surface area contributed by atoms with E-state index in [-0.39, 0.29) is 31.1 Å². The molecule has 0 aromatic carbocycles. The van der Waals surface area contributed by atoms with Crippen LogP contribution in [0, 0.1) is 0 Å². The Morgan fingerprint density at radius 2 is 0.574 bits per heavy atom. The summed E-state index contributed by atoms with van der Waals surface area (Å²) in [6, 6.07) is 0. The molecule has 0 aliphatic carbocycles. The molecule has 0 aromatic heterocycles. The molecule has 0 saturated carbocycles. The van der Waals surface area contributed by atoms with Gasteiger partial charge in [-0.05, 0) is 128 Å². The molecule has 0 fully saturated rings. The van der Waals surface area contributed by atoms with Crippen LogP contribution in [-0.2, 0) is 28.6 Å². The van der Waals surface area contributed by atoms with Crippen molar-refractivity contribution in [1.29, 1.82) is 0 Å². The maximum Gasteiger partial charge on any atom is 0.306 e. The maximum absolute atomic E-state index is 12.8. The van der Waals surface area contributed by atoms with E-state index in [2.05, 4.69) is 142 Å². The highest BCUT2D eigenvalue weighted by molar-refractivity contribution is 5.71. The van der Waals surface area contributed by atoms with Gasteiger partial charge in [-0.2, -0.15) is 0 Å². The lowest BCUT2D eigenvalue weighted by Gasteiger charge is -2.18. The predicted molar refractivity (Wildman–Crippen MR) is 293 cm³/mol. The van der Waals surface area contributed by atoms with E-state index in [9.17, 15) is 14.4 Å². The van der Waals surface area contributed by atoms with Crippen molar-refractivity contribution in [3.05, 3.63) is 122 Å². The van der Waals surface area contributed by atoms with Gasteiger partial charge in [-0.25, -0.2) is 0 Å². The third-order valence-corrected chi connectivity index (χ3v) is 11.2. The van der Waals surface area contributed by atoms with Gasteiger partial charge in [-0.3, -0.25) is 14.4 Å². The number of allylic oxidation sites excluding steroid dienone is 20. The van der Waals surface area contributed by atoms with Crippen LogP contribution < -0.4 is 0 Å². The molecule has 0 heterocycles. The molecule has 0 aromatic rings. The Labute approximate surface area is 418 Å². The van der Waals surface area contributed by atoms with Crippen molar-refractivity contribution < 1.29 is 28.6 Å². The van der Waals surface area contributed by atoms with Crippen LogP contribution in [0.2, 0.25) is 0 Å². The summed E-state index contributed by atoms with van der Waals surface area (Å²) in [6.45, 7) is 6.33. The monoisotopic (exact) mass is 941 g/mol. The number of hydrogen-bond donors (Lipinski definition) is 0. The zero-order chi connectivity index (χ0) is 49.3. The molecule has 1 unspecified atom stereocenters. The molecule has 0 saturated heterocycles. The van der Waals surface area contributed by atoms with E-state index in [1.165, 1.54) is 32.1 Å². The highest BCUT2D eigenvalue weighted by Crippen LogP contribution is 2.13. The molecular formula is C62H100O6. The second-order valence-corrected chi connectivity index (χ2v) is 17.7. The van der Waals surface area contributed by atoms with E-state index < -0.39 is 6.10 Å². The van der Waals surface area contributed by atoms with Gasteiger partial charge in [0.25, 0.3) is 0 Å². The summed E-state index contributed by atoms with van der Waals surface area (Å²) in [5.74, 6) is -0.972. The Bertz CT molecular complexity index is 1450. The Hall–Kier alpha value is -4.19. The summed E-state index contributed by atoms with van der Waals surface area (Å²) in [4.78, 5) is 38.1. The van der Waals surface area contributed by atoms with E-state index >= 15 is 0 Å². The first-order chi connectivity index (χ1) is 33.5. The highest BCUT2D eigenvalue weighted by Gasteiger charge is 2.19. The molecule has 0 aliphatic heterocycles. The van der Waals surface area contributed by atoms with Crippen molar-refractivity contribution in [3.8, 4) is 0 Å². The van der Waals surface area contributed by atoms with Gasteiger partial charge in [0.1, 0.15) is 13.2 Å². The van der Waals surface area contributed by atoms with Crippen LogP contribution in [0.15, 0.2) is 122 Å². The summed E-state index contributed by atoms with van der Waals surface area (Å²) in [5, 5.41) is 0. The van der Waals surface area contributed by atoms with Crippen molar-refractivity contribution in [2.24, 2.45) is 0 Å². The normalized spacial score (nSPS) is 13.0. The number of carbonyl (C=O) groups excluding carboxylic acids is 3. The van der Waals surface area contributed by atoms with Gasteiger partial charge in [-0.15, -0.1) is 0 Å². The predicted octanol–water partition coefficient (Wildman–Crippen LogP) is 18.5. The van der Waals surface area contributed by atoms with E-state index in [1.54, 1.807) is 0 Å². The summed E-state index contributed by atoms with van der Waals surface area (Å²) in [5.41, 5.74) is 0. The van der Waals surface area contributed by atoms with Crippen LogP contribution in [0.3, 0.4) is 0 Å². The van der Waals surface area contributed by atoms with Gasteiger partial charge < -0.3 is 14.2 Å². The first kappa shape index (κ1) is 63.8. The Balaban J connectivity index is 4.48. The average molecular weight is 941 g/mol. The highest BCUT2D eigenvalue weighted by atomic mass is 16.6. The van der Waals surface area contributed by atoms with Gasteiger partial charge in [0.2, 0.25) is 0 Å². The minimum absolute atomic E-state index is 0.107. The van der Waals surface area contributed by atoms with Crippen LogP contribution in [0.4, 0.5) is 0 Å². The fourth-order valence-electron chi connectivity index (χ4n) is 7.10. The molecule has 0 rings (SSSR count). The van der Waals surface area contributed by atoms with Gasteiger partial charge in [0, 0.05) is 19.3 Å². The molecule has 0 radical (unpaired) electrons. The molecule has 384 valence electrons. The molecule has 6 nitrogen and oxygen atoms in total. The van der Waals surface area contributed by atoms with Crippen molar-refractivity contribution in [2.75, 3.05) is 13.2 Å².